The van der Waals surface area contributed by atoms with Gasteiger partial charge in [0.25, 0.3) is 0 Å². The van der Waals surface area contributed by atoms with Gasteiger partial charge in [-0.1, -0.05) is 73.8 Å². The first kappa shape index (κ1) is 17.1. The van der Waals surface area contributed by atoms with E-state index in [1.54, 1.807) is 7.11 Å². The van der Waals surface area contributed by atoms with Crippen LogP contribution in [0, 0.1) is 23.3 Å². The van der Waals surface area contributed by atoms with Crippen LogP contribution in [0.4, 0.5) is 0 Å². The molecule has 2 heteroatoms. The molecule has 1 unspecified atom stereocenters. The van der Waals surface area contributed by atoms with Crippen molar-refractivity contribution in [1.82, 2.24) is 0 Å². The van der Waals surface area contributed by atoms with Crippen molar-refractivity contribution in [1.29, 1.82) is 0 Å². The van der Waals surface area contributed by atoms with Crippen LogP contribution < -0.4 is 0 Å². The molecular formula is C21H22OSi. The fraction of sp³-hybridized carbons (Fsp3) is 0.238. The first-order chi connectivity index (χ1) is 11.0. The van der Waals surface area contributed by atoms with E-state index in [9.17, 15) is 0 Å². The number of hydrogen-bond acceptors (Lipinski definition) is 1. The third-order valence-electron chi connectivity index (χ3n) is 3.17. The third-order valence-corrected chi connectivity index (χ3v) is 4.07. The van der Waals surface area contributed by atoms with Gasteiger partial charge in [0.15, 0.2) is 0 Å². The molecule has 0 aliphatic carbocycles. The Bertz CT molecular complexity index is 764. The van der Waals surface area contributed by atoms with Gasteiger partial charge in [0.2, 0.25) is 0 Å². The van der Waals surface area contributed by atoms with Crippen molar-refractivity contribution in [3.8, 4) is 23.3 Å². The van der Waals surface area contributed by atoms with Gasteiger partial charge in [-0.05, 0) is 18.2 Å². The van der Waals surface area contributed by atoms with E-state index in [2.05, 4.69) is 42.9 Å². The van der Waals surface area contributed by atoms with Crippen LogP contribution in [0.15, 0.2) is 54.6 Å². The summed E-state index contributed by atoms with van der Waals surface area (Å²) in [6.07, 6.45) is -0.233. The molecule has 0 saturated carbocycles. The maximum atomic E-state index is 5.61. The standard InChI is InChI=1S/C21H22OSi/c1-22-21(16-17-23(2,3)4)20-13-9-8-12-19(20)15-14-18-10-6-5-7-11-18/h5-13,21H,1-4H3. The van der Waals surface area contributed by atoms with Crippen LogP contribution in [-0.4, -0.2) is 15.2 Å². The summed E-state index contributed by atoms with van der Waals surface area (Å²) in [4.78, 5) is 0. The van der Waals surface area contributed by atoms with Crippen LogP contribution in [0.25, 0.3) is 0 Å². The fourth-order valence-corrected chi connectivity index (χ4v) is 2.61. The van der Waals surface area contributed by atoms with Crippen LogP contribution in [0.3, 0.4) is 0 Å². The molecule has 0 aromatic heterocycles. The molecule has 0 amide bonds. The predicted molar refractivity (Wildman–Crippen MR) is 99.7 cm³/mol. The van der Waals surface area contributed by atoms with Crippen LogP contribution in [0.2, 0.25) is 19.6 Å². The Morgan fingerprint density at radius 1 is 0.870 bits per heavy atom. The molecule has 0 aliphatic rings. The number of rotatable bonds is 2. The zero-order valence-electron chi connectivity index (χ0n) is 14.2. The van der Waals surface area contributed by atoms with Crippen LogP contribution in [0.1, 0.15) is 22.8 Å². The summed E-state index contributed by atoms with van der Waals surface area (Å²) in [5, 5.41) is 0. The maximum absolute atomic E-state index is 5.61. The monoisotopic (exact) mass is 318 g/mol. The highest BCUT2D eigenvalue weighted by molar-refractivity contribution is 6.83. The molecule has 0 fully saturated rings. The molecule has 0 aliphatic heterocycles. The molecule has 0 radical (unpaired) electrons. The number of hydrogen-bond donors (Lipinski definition) is 0. The molecule has 0 N–H and O–H groups in total. The summed E-state index contributed by atoms with van der Waals surface area (Å²) in [7, 11) is 0.265. The van der Waals surface area contributed by atoms with Crippen molar-refractivity contribution >= 4 is 8.07 Å². The quantitative estimate of drug-likeness (QED) is 0.578. The van der Waals surface area contributed by atoms with E-state index in [0.717, 1.165) is 16.7 Å². The molecule has 0 saturated heterocycles. The Labute approximate surface area is 140 Å². The van der Waals surface area contributed by atoms with Crippen LogP contribution >= 0.6 is 0 Å². The first-order valence-electron chi connectivity index (χ1n) is 7.71. The minimum atomic E-state index is -1.43. The second-order valence-electron chi connectivity index (χ2n) is 6.34. The topological polar surface area (TPSA) is 9.23 Å². The van der Waals surface area contributed by atoms with Crippen LogP contribution in [-0.2, 0) is 4.74 Å². The zero-order valence-corrected chi connectivity index (χ0v) is 15.2. The Hall–Kier alpha value is -2.26. The molecular weight excluding hydrogens is 296 g/mol. The zero-order chi connectivity index (χ0) is 16.7. The summed E-state index contributed by atoms with van der Waals surface area (Å²) >= 11 is 0. The van der Waals surface area contributed by atoms with E-state index in [1.807, 2.05) is 54.6 Å². The van der Waals surface area contributed by atoms with Crippen molar-refractivity contribution in [3.05, 3.63) is 71.3 Å². The van der Waals surface area contributed by atoms with Crippen molar-refractivity contribution in [2.75, 3.05) is 7.11 Å². The number of methoxy groups -OCH3 is 1. The Morgan fingerprint density at radius 3 is 2.17 bits per heavy atom. The SMILES string of the molecule is COC(C#C[Si](C)(C)C)c1ccccc1C#Cc1ccccc1. The summed E-state index contributed by atoms with van der Waals surface area (Å²) < 4.78 is 5.61. The second-order valence-corrected chi connectivity index (χ2v) is 11.1. The highest BCUT2D eigenvalue weighted by atomic mass is 28.3. The van der Waals surface area contributed by atoms with Gasteiger partial charge < -0.3 is 4.74 Å². The van der Waals surface area contributed by atoms with Gasteiger partial charge in [-0.25, -0.2) is 0 Å². The van der Waals surface area contributed by atoms with Gasteiger partial charge in [0.1, 0.15) is 14.2 Å². The highest BCUT2D eigenvalue weighted by Gasteiger charge is 2.13. The highest BCUT2D eigenvalue weighted by Crippen LogP contribution is 2.20. The van der Waals surface area contributed by atoms with Crippen molar-refractivity contribution < 1.29 is 4.74 Å². The van der Waals surface area contributed by atoms with Crippen LogP contribution in [0.5, 0.6) is 0 Å². The lowest BCUT2D eigenvalue weighted by Gasteiger charge is -2.13. The van der Waals surface area contributed by atoms with Gasteiger partial charge in [0, 0.05) is 23.8 Å². The molecule has 23 heavy (non-hydrogen) atoms. The molecule has 2 aromatic carbocycles. The Kier molecular flexibility index (Phi) is 5.82. The number of benzene rings is 2. The summed E-state index contributed by atoms with van der Waals surface area (Å²) in [5.41, 5.74) is 6.39. The molecule has 0 bridgehead atoms. The van der Waals surface area contributed by atoms with Gasteiger partial charge in [-0.15, -0.1) is 5.54 Å². The summed E-state index contributed by atoms with van der Waals surface area (Å²) in [5.74, 6) is 9.75. The lowest BCUT2D eigenvalue weighted by atomic mass is 10.0. The van der Waals surface area contributed by atoms with Gasteiger partial charge in [0.05, 0.1) is 0 Å². The Balaban J connectivity index is 2.36. The summed E-state index contributed by atoms with van der Waals surface area (Å²) in [6, 6.07) is 18.1. The smallest absolute Gasteiger partial charge is 0.143 e. The normalized spacial score (nSPS) is 11.7. The van der Waals surface area contributed by atoms with E-state index in [4.69, 9.17) is 4.74 Å². The molecule has 0 heterocycles. The van der Waals surface area contributed by atoms with Gasteiger partial charge >= 0.3 is 0 Å². The van der Waals surface area contributed by atoms with Gasteiger partial charge in [-0.3, -0.25) is 0 Å². The van der Waals surface area contributed by atoms with E-state index in [0.29, 0.717) is 0 Å². The third kappa shape index (κ3) is 5.46. The van der Waals surface area contributed by atoms with E-state index < -0.39 is 8.07 Å². The lowest BCUT2D eigenvalue weighted by molar-refractivity contribution is 0.150. The minimum absolute atomic E-state index is 0.233. The minimum Gasteiger partial charge on any atom is -0.364 e. The number of ether oxygens (including phenoxy) is 1. The molecule has 116 valence electrons. The molecule has 1 atom stereocenters. The molecule has 1 nitrogen and oxygen atoms in total. The van der Waals surface area contributed by atoms with E-state index in [-0.39, 0.29) is 6.10 Å². The maximum Gasteiger partial charge on any atom is 0.143 e. The fourth-order valence-electron chi connectivity index (χ4n) is 2.05. The first-order valence-corrected chi connectivity index (χ1v) is 11.2. The van der Waals surface area contributed by atoms with Crippen molar-refractivity contribution in [3.63, 3.8) is 0 Å². The Morgan fingerprint density at radius 2 is 1.52 bits per heavy atom. The largest absolute Gasteiger partial charge is 0.364 e. The van der Waals surface area contributed by atoms with E-state index >= 15 is 0 Å². The molecule has 0 spiro atoms. The van der Waals surface area contributed by atoms with Crippen molar-refractivity contribution in [2.45, 2.75) is 25.7 Å². The lowest BCUT2D eigenvalue weighted by Crippen LogP contribution is -2.17. The van der Waals surface area contributed by atoms with E-state index in [1.165, 1.54) is 0 Å². The molecule has 2 aromatic rings. The summed E-state index contributed by atoms with van der Waals surface area (Å²) in [6.45, 7) is 6.69. The van der Waals surface area contributed by atoms with Gasteiger partial charge in [-0.2, -0.15) is 0 Å². The average Bonchev–Trinajstić information content (AvgIpc) is 2.54. The van der Waals surface area contributed by atoms with Crippen molar-refractivity contribution in [2.24, 2.45) is 0 Å². The molecule has 2 rings (SSSR count). The predicted octanol–water partition coefficient (Wildman–Crippen LogP) is 4.65. The second kappa shape index (κ2) is 7.84. The average molecular weight is 318 g/mol.